The van der Waals surface area contributed by atoms with Crippen molar-refractivity contribution in [1.29, 1.82) is 0 Å². The fourth-order valence-corrected chi connectivity index (χ4v) is 2.27. The van der Waals surface area contributed by atoms with Crippen LogP contribution in [0.15, 0.2) is 24.5 Å². The second-order valence-electron chi connectivity index (χ2n) is 4.27. The van der Waals surface area contributed by atoms with Gasteiger partial charge in [-0.2, -0.15) is 0 Å². The number of nitrogens with one attached hydrogen (secondary N) is 3. The first kappa shape index (κ1) is 9.66. The second-order valence-corrected chi connectivity index (χ2v) is 4.27. The highest BCUT2D eigenvalue weighted by atomic mass is 15.0. The van der Waals surface area contributed by atoms with Crippen LogP contribution in [0.4, 0.5) is 5.69 Å². The first-order valence-electron chi connectivity index (χ1n) is 5.83. The number of fused-ring (bicyclic) bond motifs is 1. The van der Waals surface area contributed by atoms with Crippen LogP contribution >= 0.6 is 0 Å². The van der Waals surface area contributed by atoms with Crippen molar-refractivity contribution in [3.63, 3.8) is 0 Å². The molecule has 1 fully saturated rings. The van der Waals surface area contributed by atoms with Crippen molar-refractivity contribution in [2.24, 2.45) is 0 Å². The molecule has 0 spiro atoms. The van der Waals surface area contributed by atoms with Crippen molar-refractivity contribution in [3.8, 4) is 0 Å². The number of hydrogen-bond donors (Lipinski definition) is 3. The lowest BCUT2D eigenvalue weighted by molar-refractivity contribution is 0.479. The molecule has 2 aromatic rings. The summed E-state index contributed by atoms with van der Waals surface area (Å²) in [6.45, 7) is 2.22. The maximum absolute atomic E-state index is 4.31. The first-order valence-corrected chi connectivity index (χ1v) is 5.83. The number of piperidine rings is 1. The smallest absolute Gasteiger partial charge is 0.0900 e. The molecule has 1 aliphatic heterocycles. The Morgan fingerprint density at radius 2 is 2.12 bits per heavy atom. The molecule has 0 unspecified atom stereocenters. The van der Waals surface area contributed by atoms with Crippen LogP contribution in [0.5, 0.6) is 0 Å². The number of aromatic nitrogens is 2. The average Bonchev–Trinajstić information content (AvgIpc) is 2.80. The Balaban J connectivity index is 1.85. The van der Waals surface area contributed by atoms with E-state index < -0.39 is 0 Å². The molecule has 84 valence electrons. The lowest BCUT2D eigenvalue weighted by Gasteiger charge is -2.24. The molecule has 0 amide bonds. The maximum Gasteiger partial charge on any atom is 0.0900 e. The largest absolute Gasteiger partial charge is 0.380 e. The lowest BCUT2D eigenvalue weighted by Crippen LogP contribution is -2.35. The zero-order valence-corrected chi connectivity index (χ0v) is 9.16. The van der Waals surface area contributed by atoms with Crippen molar-refractivity contribution >= 4 is 16.7 Å². The van der Waals surface area contributed by atoms with E-state index in [-0.39, 0.29) is 0 Å². The van der Waals surface area contributed by atoms with Gasteiger partial charge in [-0.05, 0) is 38.1 Å². The SMILES string of the molecule is c1cc(NC2CCNCC2)c2[nH]ccc2n1. The van der Waals surface area contributed by atoms with E-state index in [0.717, 1.165) is 24.1 Å². The summed E-state index contributed by atoms with van der Waals surface area (Å²) in [5.74, 6) is 0. The standard InChI is InChI=1S/C12H16N4/c1-5-13-6-2-9(1)16-11-4-7-14-10-3-8-15-12(10)11/h3-4,7-9,13,15H,1-2,5-6H2,(H,14,16). The molecule has 0 atom stereocenters. The molecule has 4 nitrogen and oxygen atoms in total. The molecular weight excluding hydrogens is 200 g/mol. The summed E-state index contributed by atoms with van der Waals surface area (Å²) < 4.78 is 0. The van der Waals surface area contributed by atoms with Crippen molar-refractivity contribution in [2.75, 3.05) is 18.4 Å². The highest BCUT2D eigenvalue weighted by Crippen LogP contribution is 2.21. The number of anilines is 1. The van der Waals surface area contributed by atoms with E-state index in [1.54, 1.807) is 0 Å². The Morgan fingerprint density at radius 3 is 3.00 bits per heavy atom. The van der Waals surface area contributed by atoms with Gasteiger partial charge >= 0.3 is 0 Å². The first-order chi connectivity index (χ1) is 7.93. The van der Waals surface area contributed by atoms with E-state index >= 15 is 0 Å². The summed E-state index contributed by atoms with van der Waals surface area (Å²) in [6, 6.07) is 4.62. The molecule has 0 radical (unpaired) electrons. The van der Waals surface area contributed by atoms with Crippen LogP contribution in [-0.2, 0) is 0 Å². The monoisotopic (exact) mass is 216 g/mol. The Hall–Kier alpha value is -1.55. The Morgan fingerprint density at radius 1 is 1.25 bits per heavy atom. The molecule has 0 aliphatic carbocycles. The molecule has 3 rings (SSSR count). The molecule has 3 heterocycles. The van der Waals surface area contributed by atoms with Gasteiger partial charge in [0.25, 0.3) is 0 Å². The van der Waals surface area contributed by atoms with Crippen molar-refractivity contribution < 1.29 is 0 Å². The molecule has 1 aliphatic rings. The van der Waals surface area contributed by atoms with Crippen LogP contribution in [0.1, 0.15) is 12.8 Å². The van der Waals surface area contributed by atoms with Crippen molar-refractivity contribution in [2.45, 2.75) is 18.9 Å². The van der Waals surface area contributed by atoms with Crippen LogP contribution in [0.3, 0.4) is 0 Å². The highest BCUT2D eigenvalue weighted by molar-refractivity contribution is 5.87. The van der Waals surface area contributed by atoms with E-state index in [9.17, 15) is 0 Å². The number of nitrogens with zero attached hydrogens (tertiary/aromatic N) is 1. The minimum absolute atomic E-state index is 0.579. The van der Waals surface area contributed by atoms with Crippen LogP contribution in [-0.4, -0.2) is 29.1 Å². The number of H-pyrrole nitrogens is 1. The molecule has 0 bridgehead atoms. The third-order valence-corrected chi connectivity index (χ3v) is 3.15. The third-order valence-electron chi connectivity index (χ3n) is 3.15. The molecule has 4 heteroatoms. The molecule has 3 N–H and O–H groups in total. The summed E-state index contributed by atoms with van der Waals surface area (Å²) >= 11 is 0. The van der Waals surface area contributed by atoms with Gasteiger partial charge < -0.3 is 15.6 Å². The van der Waals surface area contributed by atoms with Crippen LogP contribution in [0, 0.1) is 0 Å². The molecule has 0 aromatic carbocycles. The topological polar surface area (TPSA) is 52.7 Å². The fourth-order valence-electron chi connectivity index (χ4n) is 2.27. The number of rotatable bonds is 2. The predicted molar refractivity (Wildman–Crippen MR) is 65.6 cm³/mol. The van der Waals surface area contributed by atoms with Gasteiger partial charge in [-0.25, -0.2) is 0 Å². The van der Waals surface area contributed by atoms with Gasteiger partial charge in [0.15, 0.2) is 0 Å². The molecule has 0 saturated carbocycles. The number of hydrogen-bond acceptors (Lipinski definition) is 3. The number of pyridine rings is 1. The summed E-state index contributed by atoms with van der Waals surface area (Å²) in [6.07, 6.45) is 6.17. The van der Waals surface area contributed by atoms with E-state index in [0.29, 0.717) is 6.04 Å². The van der Waals surface area contributed by atoms with Crippen molar-refractivity contribution in [1.82, 2.24) is 15.3 Å². The minimum Gasteiger partial charge on any atom is -0.380 e. The molecule has 2 aromatic heterocycles. The molecule has 16 heavy (non-hydrogen) atoms. The Bertz CT molecular complexity index is 471. The van der Waals surface area contributed by atoms with E-state index in [1.807, 2.05) is 24.5 Å². The van der Waals surface area contributed by atoms with E-state index in [1.165, 1.54) is 18.5 Å². The Labute approximate surface area is 94.5 Å². The van der Waals surface area contributed by atoms with Gasteiger partial charge in [-0.15, -0.1) is 0 Å². The van der Waals surface area contributed by atoms with E-state index in [4.69, 9.17) is 0 Å². The highest BCUT2D eigenvalue weighted by Gasteiger charge is 2.13. The summed E-state index contributed by atoms with van der Waals surface area (Å²) in [5.41, 5.74) is 3.31. The summed E-state index contributed by atoms with van der Waals surface area (Å²) in [7, 11) is 0. The van der Waals surface area contributed by atoms with Gasteiger partial charge in [-0.1, -0.05) is 0 Å². The zero-order valence-electron chi connectivity index (χ0n) is 9.16. The van der Waals surface area contributed by atoms with Crippen LogP contribution < -0.4 is 10.6 Å². The van der Waals surface area contributed by atoms with Crippen LogP contribution in [0.25, 0.3) is 11.0 Å². The van der Waals surface area contributed by atoms with Gasteiger partial charge in [0.05, 0.1) is 16.7 Å². The zero-order chi connectivity index (χ0) is 10.8. The minimum atomic E-state index is 0.579. The van der Waals surface area contributed by atoms with Gasteiger partial charge in [0.1, 0.15) is 0 Å². The summed E-state index contributed by atoms with van der Waals surface area (Å²) in [5, 5.41) is 6.97. The predicted octanol–water partition coefficient (Wildman–Crippen LogP) is 1.73. The van der Waals surface area contributed by atoms with Crippen molar-refractivity contribution in [3.05, 3.63) is 24.5 Å². The second kappa shape index (κ2) is 4.14. The maximum atomic E-state index is 4.31. The average molecular weight is 216 g/mol. The van der Waals surface area contributed by atoms with Gasteiger partial charge in [0.2, 0.25) is 0 Å². The normalized spacial score (nSPS) is 17.8. The molecule has 1 saturated heterocycles. The van der Waals surface area contributed by atoms with Crippen LogP contribution in [0.2, 0.25) is 0 Å². The summed E-state index contributed by atoms with van der Waals surface area (Å²) in [4.78, 5) is 7.55. The Kier molecular flexibility index (Phi) is 2.50. The van der Waals surface area contributed by atoms with Gasteiger partial charge in [0, 0.05) is 18.4 Å². The van der Waals surface area contributed by atoms with E-state index in [2.05, 4.69) is 20.6 Å². The number of aromatic amines is 1. The lowest BCUT2D eigenvalue weighted by atomic mass is 10.1. The molecular formula is C12H16N4. The third kappa shape index (κ3) is 1.76. The van der Waals surface area contributed by atoms with Gasteiger partial charge in [-0.3, -0.25) is 4.98 Å². The quantitative estimate of drug-likeness (QED) is 0.716. The fraction of sp³-hybridized carbons (Fsp3) is 0.417.